The van der Waals surface area contributed by atoms with E-state index < -0.39 is 5.97 Å². The molecule has 0 aromatic heterocycles. The number of ether oxygens (including phenoxy) is 1. The molecule has 1 aliphatic rings. The first-order valence-electron chi connectivity index (χ1n) is 10.9. The summed E-state index contributed by atoms with van der Waals surface area (Å²) in [4.78, 5) is 10.6. The molecule has 0 bridgehead atoms. The van der Waals surface area contributed by atoms with Gasteiger partial charge in [-0.1, -0.05) is 41.5 Å². The van der Waals surface area contributed by atoms with Crippen molar-refractivity contribution in [1.82, 2.24) is 5.32 Å². The van der Waals surface area contributed by atoms with Gasteiger partial charge in [0.05, 0.1) is 13.0 Å². The van der Waals surface area contributed by atoms with Gasteiger partial charge >= 0.3 is 5.97 Å². The van der Waals surface area contributed by atoms with E-state index in [-0.39, 0.29) is 6.42 Å². The highest BCUT2D eigenvalue weighted by Gasteiger charge is 2.10. The van der Waals surface area contributed by atoms with Gasteiger partial charge in [0, 0.05) is 13.1 Å². The van der Waals surface area contributed by atoms with Crippen LogP contribution in [-0.4, -0.2) is 30.8 Å². The van der Waals surface area contributed by atoms with E-state index in [2.05, 4.69) is 61.6 Å². The van der Waals surface area contributed by atoms with E-state index in [0.29, 0.717) is 6.54 Å². The molecule has 2 aromatic carbocycles. The van der Waals surface area contributed by atoms with Gasteiger partial charge in [0.2, 0.25) is 0 Å². The lowest BCUT2D eigenvalue weighted by Gasteiger charge is -2.11. The molecule has 30 heavy (non-hydrogen) atoms. The highest BCUT2D eigenvalue weighted by Crippen LogP contribution is 2.26. The second-order valence-electron chi connectivity index (χ2n) is 8.22. The van der Waals surface area contributed by atoms with E-state index in [1.807, 2.05) is 0 Å². The van der Waals surface area contributed by atoms with Gasteiger partial charge in [-0.05, 0) is 80.3 Å². The van der Waals surface area contributed by atoms with Crippen LogP contribution in [0.25, 0.3) is 6.08 Å². The van der Waals surface area contributed by atoms with Crippen LogP contribution < -0.4 is 10.1 Å². The second kappa shape index (κ2) is 11.0. The molecule has 160 valence electrons. The molecule has 0 unspecified atom stereocenters. The second-order valence-corrected chi connectivity index (χ2v) is 8.22. The van der Waals surface area contributed by atoms with Gasteiger partial charge < -0.3 is 15.2 Å². The average molecular weight is 408 g/mol. The molecule has 1 aliphatic carbocycles. The monoisotopic (exact) mass is 407 g/mol. The number of fused-ring (bicyclic) bond motifs is 1. The molecule has 0 aliphatic heterocycles. The Morgan fingerprint density at radius 1 is 1.13 bits per heavy atom. The largest absolute Gasteiger partial charge is 0.494 e. The minimum Gasteiger partial charge on any atom is -0.494 e. The summed E-state index contributed by atoms with van der Waals surface area (Å²) in [5.74, 6) is 0.190. The van der Waals surface area contributed by atoms with Gasteiger partial charge in [-0.3, -0.25) is 4.79 Å². The summed E-state index contributed by atoms with van der Waals surface area (Å²) >= 11 is 0. The number of rotatable bonds is 10. The smallest absolute Gasteiger partial charge is 0.304 e. The average Bonchev–Trinajstić information content (AvgIpc) is 2.91. The van der Waals surface area contributed by atoms with E-state index in [1.54, 1.807) is 0 Å². The normalized spacial score (nSPS) is 13.3. The summed E-state index contributed by atoms with van der Waals surface area (Å²) in [6.45, 7) is 6.30. The summed E-state index contributed by atoms with van der Waals surface area (Å²) in [7, 11) is 0. The Kier molecular flexibility index (Phi) is 8.09. The molecule has 4 nitrogen and oxygen atoms in total. The summed E-state index contributed by atoms with van der Waals surface area (Å²) in [5.41, 5.74) is 8.00. The Labute approximate surface area is 180 Å². The van der Waals surface area contributed by atoms with Gasteiger partial charge in [0.25, 0.3) is 0 Å². The molecular formula is C26H33NO3. The Morgan fingerprint density at radius 3 is 2.80 bits per heavy atom. The van der Waals surface area contributed by atoms with Crippen molar-refractivity contribution in [2.45, 2.75) is 52.4 Å². The van der Waals surface area contributed by atoms with E-state index in [4.69, 9.17) is 9.84 Å². The Balaban J connectivity index is 1.50. The van der Waals surface area contributed by atoms with Gasteiger partial charge in [0.15, 0.2) is 0 Å². The third-order valence-corrected chi connectivity index (χ3v) is 5.64. The fraction of sp³-hybridized carbons (Fsp3) is 0.423. The number of benzene rings is 2. The van der Waals surface area contributed by atoms with E-state index >= 15 is 0 Å². The predicted molar refractivity (Wildman–Crippen MR) is 122 cm³/mol. The van der Waals surface area contributed by atoms with Crippen molar-refractivity contribution in [2.24, 2.45) is 0 Å². The minimum atomic E-state index is -0.760. The molecule has 2 aromatic rings. The van der Waals surface area contributed by atoms with Crippen LogP contribution in [0.4, 0.5) is 0 Å². The van der Waals surface area contributed by atoms with Crippen LogP contribution in [0.5, 0.6) is 5.75 Å². The van der Waals surface area contributed by atoms with E-state index in [1.165, 1.54) is 33.4 Å². The standard InChI is InChI=1S/C26H33NO3/c1-19-8-9-22(20(2)15-19)7-4-14-30-25-11-10-24-16-21(5-3-6-23(24)17-25)18-27-13-12-26(28)29/h8-11,15-17,27H,3-7,12-14,18H2,1-2H3,(H,28,29). The summed E-state index contributed by atoms with van der Waals surface area (Å²) in [6, 6.07) is 13.0. The lowest BCUT2D eigenvalue weighted by molar-refractivity contribution is -0.136. The first kappa shape index (κ1) is 22.1. The van der Waals surface area contributed by atoms with E-state index in [9.17, 15) is 4.79 Å². The third-order valence-electron chi connectivity index (χ3n) is 5.64. The van der Waals surface area contributed by atoms with Crippen molar-refractivity contribution in [3.63, 3.8) is 0 Å². The molecule has 0 radical (unpaired) electrons. The molecule has 0 atom stereocenters. The van der Waals surface area contributed by atoms with Crippen molar-refractivity contribution in [2.75, 3.05) is 19.7 Å². The molecule has 0 saturated carbocycles. The van der Waals surface area contributed by atoms with Crippen LogP contribution in [0.1, 0.15) is 53.5 Å². The third kappa shape index (κ3) is 6.74. The van der Waals surface area contributed by atoms with Crippen LogP contribution in [0.3, 0.4) is 0 Å². The van der Waals surface area contributed by atoms with Crippen molar-refractivity contribution >= 4 is 12.0 Å². The summed E-state index contributed by atoms with van der Waals surface area (Å²) in [6.07, 6.45) is 7.65. The molecule has 4 heteroatoms. The van der Waals surface area contributed by atoms with Crippen molar-refractivity contribution in [1.29, 1.82) is 0 Å². The van der Waals surface area contributed by atoms with Crippen molar-refractivity contribution in [3.8, 4) is 5.75 Å². The fourth-order valence-corrected chi connectivity index (χ4v) is 3.99. The first-order chi connectivity index (χ1) is 14.5. The highest BCUT2D eigenvalue weighted by molar-refractivity contribution is 5.66. The predicted octanol–water partition coefficient (Wildman–Crippen LogP) is 5.10. The Bertz CT molecular complexity index is 901. The maximum Gasteiger partial charge on any atom is 0.304 e. The Hall–Kier alpha value is -2.59. The Morgan fingerprint density at radius 2 is 2.00 bits per heavy atom. The fourth-order valence-electron chi connectivity index (χ4n) is 3.99. The SMILES string of the molecule is Cc1ccc(CCCOc2ccc3c(c2)CCCC(CNCCC(=O)O)=C3)c(C)c1. The van der Waals surface area contributed by atoms with Gasteiger partial charge in [-0.15, -0.1) is 0 Å². The van der Waals surface area contributed by atoms with Crippen LogP contribution >= 0.6 is 0 Å². The van der Waals surface area contributed by atoms with Crippen LogP contribution in [0.2, 0.25) is 0 Å². The number of hydrogen-bond acceptors (Lipinski definition) is 3. The topological polar surface area (TPSA) is 58.6 Å². The molecule has 0 amide bonds. The first-order valence-corrected chi connectivity index (χ1v) is 10.9. The number of nitrogens with one attached hydrogen (secondary N) is 1. The lowest BCUT2D eigenvalue weighted by atomic mass is 10.0. The van der Waals surface area contributed by atoms with Gasteiger partial charge in [-0.2, -0.15) is 0 Å². The van der Waals surface area contributed by atoms with Crippen LogP contribution in [0, 0.1) is 13.8 Å². The molecule has 0 saturated heterocycles. The zero-order valence-corrected chi connectivity index (χ0v) is 18.2. The van der Waals surface area contributed by atoms with Gasteiger partial charge in [0.1, 0.15) is 5.75 Å². The van der Waals surface area contributed by atoms with Crippen LogP contribution in [0.15, 0.2) is 42.0 Å². The number of carboxylic acids is 1. The zero-order valence-electron chi connectivity index (χ0n) is 18.2. The molecule has 0 fully saturated rings. The van der Waals surface area contributed by atoms with Crippen molar-refractivity contribution in [3.05, 3.63) is 69.8 Å². The maximum atomic E-state index is 10.6. The molecular weight excluding hydrogens is 374 g/mol. The summed E-state index contributed by atoms with van der Waals surface area (Å²) in [5, 5.41) is 12.0. The highest BCUT2D eigenvalue weighted by atomic mass is 16.5. The summed E-state index contributed by atoms with van der Waals surface area (Å²) < 4.78 is 6.04. The molecule has 0 spiro atoms. The number of aliphatic carboxylic acids is 1. The molecule has 2 N–H and O–H groups in total. The number of aryl methyl sites for hydroxylation is 4. The van der Waals surface area contributed by atoms with Gasteiger partial charge in [-0.25, -0.2) is 0 Å². The zero-order chi connectivity index (χ0) is 21.3. The molecule has 3 rings (SSSR count). The minimum absolute atomic E-state index is 0.161. The number of hydrogen-bond donors (Lipinski definition) is 2. The molecule has 0 heterocycles. The lowest BCUT2D eigenvalue weighted by Crippen LogP contribution is -2.20. The number of carboxylic acid groups (broad SMARTS) is 1. The van der Waals surface area contributed by atoms with Crippen LogP contribution in [-0.2, 0) is 17.6 Å². The number of carbonyl (C=O) groups is 1. The maximum absolute atomic E-state index is 10.6. The van der Waals surface area contributed by atoms with Crippen molar-refractivity contribution < 1.29 is 14.6 Å². The quantitative estimate of drug-likeness (QED) is 0.538. The van der Waals surface area contributed by atoms with E-state index in [0.717, 1.165) is 51.0 Å².